The van der Waals surface area contributed by atoms with E-state index in [4.69, 9.17) is 16.3 Å². The van der Waals surface area contributed by atoms with E-state index in [1.807, 2.05) is 18.2 Å². The van der Waals surface area contributed by atoms with E-state index in [1.54, 1.807) is 30.6 Å². The van der Waals surface area contributed by atoms with Crippen LogP contribution >= 0.6 is 27.5 Å². The Bertz CT molecular complexity index is 731. The van der Waals surface area contributed by atoms with E-state index < -0.39 is 0 Å². The molecule has 0 atom stereocenters. The Morgan fingerprint density at radius 1 is 1.05 bits per heavy atom. The number of pyridine rings is 2. The van der Waals surface area contributed by atoms with E-state index in [0.717, 1.165) is 15.5 Å². The Kier molecular flexibility index (Phi) is 3.36. The number of rotatable bonds is 2. The van der Waals surface area contributed by atoms with Crippen LogP contribution in [-0.2, 0) is 0 Å². The summed E-state index contributed by atoms with van der Waals surface area (Å²) in [6.07, 6.45) is 3.42. The van der Waals surface area contributed by atoms with Crippen LogP contribution in [0.15, 0.2) is 53.3 Å². The molecular weight excluding hydrogens is 328 g/mol. The maximum absolute atomic E-state index is 5.84. The fourth-order valence-electron chi connectivity index (χ4n) is 1.69. The Labute approximate surface area is 123 Å². The third-order valence-electron chi connectivity index (χ3n) is 2.55. The van der Waals surface area contributed by atoms with Crippen LogP contribution in [-0.4, -0.2) is 9.97 Å². The zero-order valence-electron chi connectivity index (χ0n) is 9.68. The third-order valence-corrected chi connectivity index (χ3v) is 3.23. The topological polar surface area (TPSA) is 35.0 Å². The quantitative estimate of drug-likeness (QED) is 0.672. The third kappa shape index (κ3) is 2.69. The summed E-state index contributed by atoms with van der Waals surface area (Å²) in [7, 11) is 0. The minimum atomic E-state index is 0.667. The number of fused-ring (bicyclic) bond motifs is 1. The number of halogens is 2. The van der Waals surface area contributed by atoms with Crippen molar-refractivity contribution in [1.82, 2.24) is 9.97 Å². The molecule has 0 bridgehead atoms. The van der Waals surface area contributed by atoms with Gasteiger partial charge in [0.1, 0.15) is 11.3 Å². The first kappa shape index (κ1) is 12.4. The largest absolute Gasteiger partial charge is 0.455 e. The summed E-state index contributed by atoms with van der Waals surface area (Å²) in [6, 6.07) is 10.9. The Morgan fingerprint density at radius 2 is 1.84 bits per heavy atom. The first-order valence-corrected chi connectivity index (χ1v) is 6.73. The molecule has 3 rings (SSSR count). The molecule has 0 amide bonds. The predicted molar refractivity (Wildman–Crippen MR) is 78.8 cm³/mol. The lowest BCUT2D eigenvalue weighted by Gasteiger charge is -2.07. The molecule has 0 radical (unpaired) electrons. The van der Waals surface area contributed by atoms with Gasteiger partial charge in [-0.1, -0.05) is 11.6 Å². The summed E-state index contributed by atoms with van der Waals surface area (Å²) < 4.78 is 6.70. The van der Waals surface area contributed by atoms with E-state index in [1.165, 1.54) is 0 Å². The van der Waals surface area contributed by atoms with Gasteiger partial charge in [-0.05, 0) is 46.3 Å². The fourth-order valence-corrected chi connectivity index (χ4v) is 2.14. The number of nitrogens with zero attached hydrogens (tertiary/aromatic N) is 2. The number of hydrogen-bond donors (Lipinski definition) is 0. The second kappa shape index (κ2) is 5.15. The molecule has 2 heterocycles. The minimum Gasteiger partial charge on any atom is -0.455 e. The van der Waals surface area contributed by atoms with Crippen molar-refractivity contribution in [3.05, 3.63) is 58.3 Å². The Morgan fingerprint density at radius 3 is 2.63 bits per heavy atom. The van der Waals surface area contributed by atoms with E-state index in [-0.39, 0.29) is 0 Å². The zero-order valence-corrected chi connectivity index (χ0v) is 12.0. The fraction of sp³-hybridized carbons (Fsp3) is 0. The smallest absolute Gasteiger partial charge is 0.156 e. The average molecular weight is 336 g/mol. The van der Waals surface area contributed by atoms with Crippen molar-refractivity contribution >= 4 is 38.6 Å². The lowest BCUT2D eigenvalue weighted by atomic mass is 10.3. The molecule has 3 aromatic rings. The van der Waals surface area contributed by atoms with Gasteiger partial charge in [-0.2, -0.15) is 0 Å². The van der Waals surface area contributed by atoms with Crippen molar-refractivity contribution in [2.24, 2.45) is 0 Å². The van der Waals surface area contributed by atoms with Crippen molar-refractivity contribution in [2.75, 3.05) is 0 Å². The molecule has 94 valence electrons. The molecule has 0 spiro atoms. The Balaban J connectivity index is 2.03. The number of aromatic nitrogens is 2. The van der Waals surface area contributed by atoms with E-state index in [2.05, 4.69) is 25.9 Å². The maximum atomic E-state index is 5.84. The van der Waals surface area contributed by atoms with Crippen LogP contribution in [0.1, 0.15) is 0 Å². The average Bonchev–Trinajstić information content (AvgIpc) is 2.41. The summed E-state index contributed by atoms with van der Waals surface area (Å²) >= 11 is 9.22. The van der Waals surface area contributed by atoms with Crippen molar-refractivity contribution in [2.45, 2.75) is 0 Å². The summed E-state index contributed by atoms with van der Waals surface area (Å²) in [4.78, 5) is 8.60. The van der Waals surface area contributed by atoms with Crippen molar-refractivity contribution in [1.29, 1.82) is 0 Å². The summed E-state index contributed by atoms with van der Waals surface area (Å²) in [6.45, 7) is 0. The van der Waals surface area contributed by atoms with Crippen molar-refractivity contribution in [3.8, 4) is 11.5 Å². The zero-order chi connectivity index (χ0) is 13.2. The molecule has 1 aromatic carbocycles. The Hall–Kier alpha value is -1.65. The van der Waals surface area contributed by atoms with Crippen LogP contribution < -0.4 is 4.74 Å². The molecule has 0 aliphatic heterocycles. The maximum Gasteiger partial charge on any atom is 0.156 e. The lowest BCUT2D eigenvalue weighted by Crippen LogP contribution is -1.89. The highest BCUT2D eigenvalue weighted by molar-refractivity contribution is 9.10. The second-order valence-corrected chi connectivity index (χ2v) is 5.24. The molecule has 0 N–H and O–H groups in total. The van der Waals surface area contributed by atoms with Gasteiger partial charge in [-0.15, -0.1) is 0 Å². The first-order chi connectivity index (χ1) is 9.22. The molecule has 19 heavy (non-hydrogen) atoms. The SMILES string of the molecule is Clc1ccc(Oc2ccnc3cc(Br)cnc23)cc1. The highest BCUT2D eigenvalue weighted by Crippen LogP contribution is 2.28. The van der Waals surface area contributed by atoms with Crippen LogP contribution in [0, 0.1) is 0 Å². The monoisotopic (exact) mass is 334 g/mol. The summed E-state index contributed by atoms with van der Waals surface area (Å²) in [5.41, 5.74) is 1.50. The van der Waals surface area contributed by atoms with Gasteiger partial charge in [0.05, 0.1) is 5.52 Å². The van der Waals surface area contributed by atoms with Crippen LogP contribution in [0.25, 0.3) is 11.0 Å². The highest BCUT2D eigenvalue weighted by Gasteiger charge is 2.06. The molecule has 0 aliphatic rings. The highest BCUT2D eigenvalue weighted by atomic mass is 79.9. The van der Waals surface area contributed by atoms with Gasteiger partial charge in [0.15, 0.2) is 5.75 Å². The molecule has 0 saturated carbocycles. The van der Waals surface area contributed by atoms with Gasteiger partial charge in [0, 0.05) is 28.0 Å². The second-order valence-electron chi connectivity index (χ2n) is 3.89. The standard InChI is InChI=1S/C14H8BrClN2O/c15-9-7-12-14(18-8-9)13(5-6-17-12)19-11-3-1-10(16)2-4-11/h1-8H. The number of benzene rings is 1. The molecule has 0 unspecified atom stereocenters. The van der Waals surface area contributed by atoms with Gasteiger partial charge in [-0.3, -0.25) is 4.98 Å². The minimum absolute atomic E-state index is 0.667. The van der Waals surface area contributed by atoms with Crippen molar-refractivity contribution in [3.63, 3.8) is 0 Å². The number of ether oxygens (including phenoxy) is 1. The van der Waals surface area contributed by atoms with E-state index in [0.29, 0.717) is 16.5 Å². The normalized spacial score (nSPS) is 10.6. The predicted octanol–water partition coefficient (Wildman–Crippen LogP) is 4.84. The van der Waals surface area contributed by atoms with Gasteiger partial charge in [0.25, 0.3) is 0 Å². The van der Waals surface area contributed by atoms with Crippen molar-refractivity contribution < 1.29 is 4.74 Å². The lowest BCUT2D eigenvalue weighted by molar-refractivity contribution is 0.486. The van der Waals surface area contributed by atoms with Gasteiger partial charge >= 0.3 is 0 Å². The van der Waals surface area contributed by atoms with Gasteiger partial charge in [0.2, 0.25) is 0 Å². The summed E-state index contributed by atoms with van der Waals surface area (Å²) in [5.74, 6) is 1.38. The van der Waals surface area contributed by atoms with Crippen LogP contribution in [0.5, 0.6) is 11.5 Å². The summed E-state index contributed by atoms with van der Waals surface area (Å²) in [5, 5.41) is 0.675. The molecule has 2 aromatic heterocycles. The molecular formula is C14H8BrClN2O. The first-order valence-electron chi connectivity index (χ1n) is 5.56. The van der Waals surface area contributed by atoms with E-state index >= 15 is 0 Å². The molecule has 0 saturated heterocycles. The van der Waals surface area contributed by atoms with Crippen LogP contribution in [0.4, 0.5) is 0 Å². The van der Waals surface area contributed by atoms with E-state index in [9.17, 15) is 0 Å². The van der Waals surface area contributed by atoms with Gasteiger partial charge in [-0.25, -0.2) is 4.98 Å². The molecule has 0 aliphatic carbocycles. The number of hydrogen-bond acceptors (Lipinski definition) is 3. The van der Waals surface area contributed by atoms with Crippen LogP contribution in [0.2, 0.25) is 5.02 Å². The molecule has 3 nitrogen and oxygen atoms in total. The molecule has 5 heteroatoms. The molecule has 0 fully saturated rings. The van der Waals surface area contributed by atoms with Crippen LogP contribution in [0.3, 0.4) is 0 Å². The van der Waals surface area contributed by atoms with Gasteiger partial charge < -0.3 is 4.74 Å².